The van der Waals surface area contributed by atoms with Crippen molar-refractivity contribution in [3.8, 4) is 0 Å². The zero-order valence-electron chi connectivity index (χ0n) is 7.55. The summed E-state index contributed by atoms with van der Waals surface area (Å²) in [7, 11) is -5.89. The van der Waals surface area contributed by atoms with Crippen molar-refractivity contribution < 1.29 is 55.9 Å². The second kappa shape index (κ2) is 10.3. The third-order valence-electron chi connectivity index (χ3n) is 0.477. The molecule has 8 nitrogen and oxygen atoms in total. The minimum Gasteiger partial charge on any atom is -0.749 e. The molecule has 0 saturated carbocycles. The molecule has 82 valence electrons. The van der Waals surface area contributed by atoms with E-state index in [0.717, 1.165) is 12.2 Å². The van der Waals surface area contributed by atoms with Crippen molar-refractivity contribution in [2.24, 2.45) is 9.98 Å². The van der Waals surface area contributed by atoms with Gasteiger partial charge in [0.25, 0.3) is 0 Å². The van der Waals surface area contributed by atoms with Crippen molar-refractivity contribution in [1.82, 2.24) is 0 Å². The quantitative estimate of drug-likeness (QED) is 0.141. The molecule has 0 unspecified atom stereocenters. The first-order valence-corrected chi connectivity index (χ1v) is 4.07. The van der Waals surface area contributed by atoms with Crippen LogP contribution in [0.2, 0.25) is 0 Å². The summed E-state index contributed by atoms with van der Waals surface area (Å²) in [5, 5.41) is 0. The van der Waals surface area contributed by atoms with Gasteiger partial charge in [-0.05, 0) is 0 Å². The Morgan fingerprint density at radius 2 is 1.25 bits per heavy atom. The van der Waals surface area contributed by atoms with Gasteiger partial charge in [-0.1, -0.05) is 0 Å². The summed E-state index contributed by atoms with van der Waals surface area (Å²) < 4.78 is 28.4. The van der Waals surface area contributed by atoms with Crippen molar-refractivity contribution in [2.45, 2.75) is 0 Å². The number of amides is 2. The first-order valence-electron chi connectivity index (χ1n) is 2.66. The molecule has 0 spiro atoms. The Morgan fingerprint density at radius 3 is 1.38 bits per heavy atom. The Morgan fingerprint density at radius 1 is 1.06 bits per heavy atom. The summed E-state index contributed by atoms with van der Waals surface area (Å²) in [6.07, 6.45) is 1.64. The molecule has 0 radical (unpaired) electrons. The van der Waals surface area contributed by atoms with E-state index in [1.54, 1.807) is 0 Å². The van der Waals surface area contributed by atoms with Crippen LogP contribution in [0.4, 0.5) is 8.39 Å². The Labute approximate surface area is 98.3 Å². The number of nitrogens with zero attached hydrogens (tertiary/aromatic N) is 2. The van der Waals surface area contributed by atoms with Gasteiger partial charge in [0, 0.05) is 0 Å². The summed E-state index contributed by atoms with van der Waals surface area (Å²) in [6.45, 7) is 0. The van der Waals surface area contributed by atoms with E-state index < -0.39 is 19.8 Å². The number of aliphatic imine (C=N–C) groups is 2. The molecule has 0 N–H and O–H groups in total. The first kappa shape index (κ1) is 20.2. The molecule has 0 saturated heterocycles. The van der Waals surface area contributed by atoms with E-state index in [4.69, 9.17) is 9.46 Å². The number of hydrogen-bond acceptors (Lipinski definition) is 6. The minimum absolute atomic E-state index is 0. The maximum absolute atomic E-state index is 10.1. The average Bonchev–Trinajstić information content (AvgIpc) is 2.02. The summed E-state index contributed by atoms with van der Waals surface area (Å²) >= 11 is 0. The standard InChI is InChI=1S/C4N2O4.F2HO2P.Li/c7-1-5-3(9)4(10)6-2-8;1-5(2,3)4;/h;(H,3,4);/q;;+1/p-1. The van der Waals surface area contributed by atoms with Gasteiger partial charge < -0.3 is 4.89 Å². The Hall–Kier alpha value is -1.25. The van der Waals surface area contributed by atoms with Crippen LogP contribution in [0, 0.1) is 0 Å². The van der Waals surface area contributed by atoms with Crippen LogP contribution in [-0.2, 0) is 23.7 Å². The summed E-state index contributed by atoms with van der Waals surface area (Å²) in [5.41, 5.74) is 0. The Bertz CT molecular complexity index is 359. The molecule has 0 aliphatic heterocycles. The molecule has 12 heteroatoms. The largest absolute Gasteiger partial charge is 1.00 e. The predicted octanol–water partition coefficient (Wildman–Crippen LogP) is -3.89. The Kier molecular flexibility index (Phi) is 13.0. The fraction of sp³-hybridized carbons (Fsp3) is 0. The van der Waals surface area contributed by atoms with Crippen LogP contribution in [0.5, 0.6) is 0 Å². The SMILES string of the molecule is O=C=NC(=O)C(=O)N=C=O.O=P([O-])(F)F.[Li+]. The third kappa shape index (κ3) is 23.0. The average molecular weight is 248 g/mol. The van der Waals surface area contributed by atoms with Gasteiger partial charge in [-0.2, -0.15) is 8.39 Å². The number of carbonyl (C=O) groups is 2. The summed E-state index contributed by atoms with van der Waals surface area (Å²) in [6, 6.07) is 0. The molecular weight excluding hydrogens is 248 g/mol. The maximum atomic E-state index is 10.1. The Balaban J connectivity index is -0.000000242. The van der Waals surface area contributed by atoms with Crippen molar-refractivity contribution >= 4 is 32.0 Å². The van der Waals surface area contributed by atoms with E-state index in [0.29, 0.717) is 0 Å². The van der Waals surface area contributed by atoms with E-state index in [9.17, 15) is 27.6 Å². The van der Waals surface area contributed by atoms with Gasteiger partial charge in [-0.15, -0.1) is 9.98 Å². The second-order valence-corrected chi connectivity index (χ2v) is 2.26. The van der Waals surface area contributed by atoms with Crippen LogP contribution in [0.1, 0.15) is 0 Å². The molecule has 0 atom stereocenters. The number of rotatable bonds is 0. The van der Waals surface area contributed by atoms with Gasteiger partial charge in [0.1, 0.15) is 0 Å². The summed E-state index contributed by atoms with van der Waals surface area (Å²) in [4.78, 5) is 51.9. The first-order chi connectivity index (χ1) is 6.72. The minimum atomic E-state index is -5.89. The maximum Gasteiger partial charge on any atom is 1.00 e. The molecular formula is C4F2LiN2O6P. The van der Waals surface area contributed by atoms with Crippen molar-refractivity contribution in [3.05, 3.63) is 0 Å². The third-order valence-corrected chi connectivity index (χ3v) is 0.477. The summed E-state index contributed by atoms with van der Waals surface area (Å²) in [5.74, 6) is -2.86. The zero-order chi connectivity index (χ0) is 12.5. The molecule has 16 heavy (non-hydrogen) atoms. The topological polar surface area (TPSA) is 133 Å². The molecule has 2 amide bonds. The molecule has 0 fully saturated rings. The number of hydrogen-bond donors (Lipinski definition) is 0. The molecule has 0 aliphatic rings. The van der Waals surface area contributed by atoms with Gasteiger partial charge in [-0.3, -0.25) is 14.2 Å². The monoisotopic (exact) mass is 248 g/mol. The number of isocyanates is 2. The van der Waals surface area contributed by atoms with E-state index in [1.807, 2.05) is 0 Å². The van der Waals surface area contributed by atoms with E-state index in [2.05, 4.69) is 9.98 Å². The normalized spacial score (nSPS) is 7.94. The van der Waals surface area contributed by atoms with Crippen LogP contribution in [0.3, 0.4) is 0 Å². The van der Waals surface area contributed by atoms with Crippen molar-refractivity contribution in [2.75, 3.05) is 0 Å². The van der Waals surface area contributed by atoms with Crippen LogP contribution in [-0.4, -0.2) is 24.0 Å². The van der Waals surface area contributed by atoms with Gasteiger partial charge in [0.2, 0.25) is 12.2 Å². The van der Waals surface area contributed by atoms with Crippen LogP contribution >= 0.6 is 7.99 Å². The number of halogens is 2. The molecule has 0 rings (SSSR count). The van der Waals surface area contributed by atoms with Crippen LogP contribution < -0.4 is 23.8 Å². The van der Waals surface area contributed by atoms with Crippen LogP contribution in [0.15, 0.2) is 9.98 Å². The van der Waals surface area contributed by atoms with E-state index in [1.165, 1.54) is 0 Å². The van der Waals surface area contributed by atoms with Gasteiger partial charge in [0.05, 0.1) is 0 Å². The fourth-order valence-corrected chi connectivity index (χ4v) is 0.179. The predicted molar refractivity (Wildman–Crippen MR) is 36.1 cm³/mol. The zero-order valence-corrected chi connectivity index (χ0v) is 8.44. The van der Waals surface area contributed by atoms with Gasteiger partial charge >= 0.3 is 38.7 Å². The molecule has 0 aromatic carbocycles. The van der Waals surface area contributed by atoms with Crippen LogP contribution in [0.25, 0.3) is 0 Å². The molecule has 0 bridgehead atoms. The molecule has 0 aliphatic carbocycles. The van der Waals surface area contributed by atoms with E-state index >= 15 is 0 Å². The van der Waals surface area contributed by atoms with Crippen molar-refractivity contribution in [1.29, 1.82) is 0 Å². The van der Waals surface area contributed by atoms with Crippen molar-refractivity contribution in [3.63, 3.8) is 0 Å². The molecule has 0 aromatic rings. The number of carbonyl (C=O) groups excluding carboxylic acids is 4. The molecule has 0 aromatic heterocycles. The molecule has 0 heterocycles. The fourth-order valence-electron chi connectivity index (χ4n) is 0.179. The van der Waals surface area contributed by atoms with E-state index in [-0.39, 0.29) is 18.9 Å². The smallest absolute Gasteiger partial charge is 0.749 e. The van der Waals surface area contributed by atoms with Gasteiger partial charge in [0.15, 0.2) is 0 Å². The van der Waals surface area contributed by atoms with Gasteiger partial charge in [-0.25, -0.2) is 9.59 Å². The second-order valence-electron chi connectivity index (χ2n) is 1.43.